The lowest BCUT2D eigenvalue weighted by atomic mass is 10.0. The number of oxime groups is 1. The number of benzene rings is 3. The number of nitrogens with zero attached hydrogens (tertiary/aromatic N) is 4. The molecule has 0 aliphatic heterocycles. The number of hydrogen-bond acceptors (Lipinski definition) is 6. The number of anilines is 1. The summed E-state index contributed by atoms with van der Waals surface area (Å²) in [7, 11) is 0. The van der Waals surface area contributed by atoms with Crippen molar-refractivity contribution in [2.45, 2.75) is 13.1 Å². The van der Waals surface area contributed by atoms with Crippen molar-refractivity contribution in [3.05, 3.63) is 95.3 Å². The average Bonchev–Trinajstić information content (AvgIpc) is 3.31. The topological polar surface area (TPSA) is 121 Å². The SMILES string of the molecule is Cc1c(N)cccc1/C(N)=N/OC(=O)c1cc2nc(-c3ccc4ccccc4c3)cc(C(F)(F)F)n2n1. The molecule has 5 rings (SSSR count). The highest BCUT2D eigenvalue weighted by atomic mass is 19.4. The van der Waals surface area contributed by atoms with E-state index in [1.807, 2.05) is 24.3 Å². The molecule has 0 amide bonds. The third-order valence-corrected chi connectivity index (χ3v) is 5.85. The van der Waals surface area contributed by atoms with Gasteiger partial charge in [-0.1, -0.05) is 53.7 Å². The number of halogens is 3. The first kappa shape index (κ1) is 23.8. The first-order valence-corrected chi connectivity index (χ1v) is 11.0. The summed E-state index contributed by atoms with van der Waals surface area (Å²) in [6, 6.07) is 19.6. The van der Waals surface area contributed by atoms with Gasteiger partial charge >= 0.3 is 12.1 Å². The summed E-state index contributed by atoms with van der Waals surface area (Å²) in [6.45, 7) is 1.72. The van der Waals surface area contributed by atoms with Crippen LogP contribution >= 0.6 is 0 Å². The van der Waals surface area contributed by atoms with Gasteiger partial charge < -0.3 is 16.3 Å². The second-order valence-corrected chi connectivity index (χ2v) is 8.26. The molecule has 0 atom stereocenters. The zero-order chi connectivity index (χ0) is 26.3. The largest absolute Gasteiger partial charge is 0.433 e. The van der Waals surface area contributed by atoms with Crippen LogP contribution < -0.4 is 11.5 Å². The van der Waals surface area contributed by atoms with Crippen molar-refractivity contribution in [3.63, 3.8) is 0 Å². The summed E-state index contributed by atoms with van der Waals surface area (Å²) in [4.78, 5) is 21.7. The minimum Gasteiger partial charge on any atom is -0.398 e. The van der Waals surface area contributed by atoms with Crippen molar-refractivity contribution in [3.8, 4) is 11.3 Å². The first-order chi connectivity index (χ1) is 17.6. The number of fused-ring (bicyclic) bond motifs is 2. The van der Waals surface area contributed by atoms with Crippen molar-refractivity contribution < 1.29 is 22.8 Å². The molecule has 2 heterocycles. The lowest BCUT2D eigenvalue weighted by Gasteiger charge is -2.11. The van der Waals surface area contributed by atoms with Crippen LogP contribution in [-0.2, 0) is 11.0 Å². The van der Waals surface area contributed by atoms with Gasteiger partial charge in [0.05, 0.1) is 5.69 Å². The Morgan fingerprint density at radius 1 is 1.00 bits per heavy atom. The normalized spacial score (nSPS) is 12.3. The van der Waals surface area contributed by atoms with Gasteiger partial charge in [-0.05, 0) is 41.5 Å². The Kier molecular flexibility index (Phi) is 5.75. The fourth-order valence-electron chi connectivity index (χ4n) is 3.89. The second-order valence-electron chi connectivity index (χ2n) is 8.26. The number of rotatable bonds is 4. The highest BCUT2D eigenvalue weighted by Crippen LogP contribution is 2.33. The van der Waals surface area contributed by atoms with E-state index in [0.29, 0.717) is 26.9 Å². The molecule has 0 bridgehead atoms. The first-order valence-electron chi connectivity index (χ1n) is 11.0. The van der Waals surface area contributed by atoms with Gasteiger partial charge in [-0.3, -0.25) is 0 Å². The smallest absolute Gasteiger partial charge is 0.398 e. The zero-order valence-corrected chi connectivity index (χ0v) is 19.3. The maximum atomic E-state index is 13.9. The molecular weight excluding hydrogens is 485 g/mol. The van der Waals surface area contributed by atoms with Gasteiger partial charge in [0.1, 0.15) is 0 Å². The number of nitrogens with two attached hydrogens (primary N) is 2. The fraction of sp³-hybridized carbons (Fsp3) is 0.0769. The third kappa shape index (κ3) is 4.54. The Balaban J connectivity index is 1.52. The predicted octanol–water partition coefficient (Wildman–Crippen LogP) is 4.94. The minimum absolute atomic E-state index is 0.0739. The van der Waals surface area contributed by atoms with E-state index in [4.69, 9.17) is 16.3 Å². The van der Waals surface area contributed by atoms with Crippen LogP contribution in [0, 0.1) is 6.92 Å². The Bertz CT molecular complexity index is 1710. The summed E-state index contributed by atoms with van der Waals surface area (Å²) >= 11 is 0. The summed E-state index contributed by atoms with van der Waals surface area (Å²) in [5, 5.41) is 9.16. The van der Waals surface area contributed by atoms with Crippen LogP contribution in [0.15, 0.2) is 78.0 Å². The monoisotopic (exact) mass is 504 g/mol. The van der Waals surface area contributed by atoms with E-state index in [2.05, 4.69) is 15.2 Å². The van der Waals surface area contributed by atoms with Gasteiger partial charge in [0, 0.05) is 22.9 Å². The minimum atomic E-state index is -4.77. The van der Waals surface area contributed by atoms with E-state index in [0.717, 1.165) is 22.9 Å². The number of carbonyl (C=O) groups excluding carboxylic acids is 1. The third-order valence-electron chi connectivity index (χ3n) is 5.85. The lowest BCUT2D eigenvalue weighted by Crippen LogP contribution is -2.17. The van der Waals surface area contributed by atoms with Crippen molar-refractivity contribution in [2.75, 3.05) is 5.73 Å². The van der Waals surface area contributed by atoms with E-state index in [1.165, 1.54) is 0 Å². The number of hydrogen-bond donors (Lipinski definition) is 2. The molecule has 186 valence electrons. The van der Waals surface area contributed by atoms with Crippen molar-refractivity contribution in [1.29, 1.82) is 0 Å². The molecule has 37 heavy (non-hydrogen) atoms. The van der Waals surface area contributed by atoms with Crippen molar-refractivity contribution in [1.82, 2.24) is 14.6 Å². The molecule has 4 N–H and O–H groups in total. The van der Waals surface area contributed by atoms with Gasteiger partial charge in [-0.15, -0.1) is 0 Å². The van der Waals surface area contributed by atoms with Gasteiger partial charge in [0.25, 0.3) is 0 Å². The number of amidine groups is 1. The van der Waals surface area contributed by atoms with Gasteiger partial charge in [0.2, 0.25) is 0 Å². The quantitative estimate of drug-likeness (QED) is 0.118. The average molecular weight is 504 g/mol. The number of nitrogen functional groups attached to an aromatic ring is 1. The van der Waals surface area contributed by atoms with Crippen LogP contribution in [0.3, 0.4) is 0 Å². The molecule has 0 unspecified atom stereocenters. The summed E-state index contributed by atoms with van der Waals surface area (Å²) in [6.07, 6.45) is -4.77. The zero-order valence-electron chi connectivity index (χ0n) is 19.3. The van der Waals surface area contributed by atoms with Gasteiger partial charge in [-0.2, -0.15) is 18.3 Å². The van der Waals surface area contributed by atoms with Crippen LogP contribution in [0.5, 0.6) is 0 Å². The Morgan fingerprint density at radius 3 is 2.51 bits per heavy atom. The maximum absolute atomic E-state index is 13.9. The van der Waals surface area contributed by atoms with Gasteiger partial charge in [-0.25, -0.2) is 14.3 Å². The van der Waals surface area contributed by atoms with E-state index in [9.17, 15) is 18.0 Å². The highest BCUT2D eigenvalue weighted by Gasteiger charge is 2.36. The highest BCUT2D eigenvalue weighted by molar-refractivity contribution is 6.00. The van der Waals surface area contributed by atoms with Crippen molar-refractivity contribution >= 4 is 33.9 Å². The van der Waals surface area contributed by atoms with E-state index < -0.39 is 23.5 Å². The summed E-state index contributed by atoms with van der Waals surface area (Å²) in [5.41, 5.74) is 12.1. The molecule has 0 aliphatic rings. The Hall–Kier alpha value is -4.93. The second kappa shape index (κ2) is 8.94. The Morgan fingerprint density at radius 2 is 1.76 bits per heavy atom. The maximum Gasteiger partial charge on any atom is 0.433 e. The molecular formula is C26H19F3N6O2. The summed E-state index contributed by atoms with van der Waals surface area (Å²) in [5.74, 6) is -1.23. The standard InChI is InChI=1S/C26H19F3N6O2/c1-14-18(7-4-8-19(14)30)24(31)34-37-25(36)21-13-23-32-20(12-22(26(27,28)29)35(23)33-21)17-10-9-15-5-2-3-6-16(15)11-17/h2-13H,30H2,1H3,(H2,31,34). The molecule has 0 radical (unpaired) electrons. The molecule has 11 heteroatoms. The van der Waals surface area contributed by atoms with Crippen LogP contribution in [0.1, 0.15) is 27.3 Å². The molecule has 0 fully saturated rings. The molecule has 8 nitrogen and oxygen atoms in total. The molecule has 0 aliphatic carbocycles. The van der Waals surface area contributed by atoms with Gasteiger partial charge in [0.15, 0.2) is 22.9 Å². The van der Waals surface area contributed by atoms with Crippen LogP contribution in [0.2, 0.25) is 0 Å². The molecule has 0 saturated carbocycles. The van der Waals surface area contributed by atoms with E-state index in [-0.39, 0.29) is 17.2 Å². The fourth-order valence-corrected chi connectivity index (χ4v) is 3.89. The number of carbonyl (C=O) groups is 1. The van der Waals surface area contributed by atoms with Crippen LogP contribution in [0.25, 0.3) is 27.7 Å². The molecule has 5 aromatic rings. The van der Waals surface area contributed by atoms with E-state index >= 15 is 0 Å². The van der Waals surface area contributed by atoms with Crippen molar-refractivity contribution in [2.24, 2.45) is 10.9 Å². The van der Waals surface area contributed by atoms with E-state index in [1.54, 1.807) is 43.3 Å². The Labute approximate surface area is 208 Å². The molecule has 0 spiro atoms. The lowest BCUT2D eigenvalue weighted by molar-refractivity contribution is -0.142. The van der Waals surface area contributed by atoms with Crippen LogP contribution in [-0.4, -0.2) is 26.4 Å². The molecule has 0 saturated heterocycles. The van der Waals surface area contributed by atoms with Crippen LogP contribution in [0.4, 0.5) is 18.9 Å². The number of alkyl halides is 3. The molecule has 3 aromatic carbocycles. The molecule has 2 aromatic heterocycles. The number of aromatic nitrogens is 3. The predicted molar refractivity (Wildman–Crippen MR) is 133 cm³/mol. The summed E-state index contributed by atoms with van der Waals surface area (Å²) < 4.78 is 42.4.